The zero-order valence-electron chi connectivity index (χ0n) is 11.0. The molecule has 3 aromatic rings. The zero-order chi connectivity index (χ0) is 13.9. The average molecular weight is 264 g/mol. The zero-order valence-corrected chi connectivity index (χ0v) is 11.0. The minimum atomic E-state index is -0.185. The molecule has 1 heterocycles. The number of anilines is 1. The van der Waals surface area contributed by atoms with Crippen LogP contribution in [-0.2, 0) is 0 Å². The Hall–Kier alpha value is -2.43. The van der Waals surface area contributed by atoms with E-state index in [0.717, 1.165) is 16.5 Å². The molecule has 0 fully saturated rings. The molecule has 20 heavy (non-hydrogen) atoms. The van der Waals surface area contributed by atoms with E-state index in [1.807, 2.05) is 18.2 Å². The number of aromatic nitrogens is 1. The predicted molar refractivity (Wildman–Crippen MR) is 81.8 cm³/mol. The number of rotatable bonds is 3. The third kappa shape index (κ3) is 2.11. The number of pyridine rings is 1. The van der Waals surface area contributed by atoms with Crippen LogP contribution in [0.3, 0.4) is 0 Å². The fraction of sp³-hybridized carbons (Fsp3) is 0.0625. The van der Waals surface area contributed by atoms with Crippen LogP contribution in [0, 0.1) is 0 Å². The van der Waals surface area contributed by atoms with Crippen molar-refractivity contribution in [3.63, 3.8) is 0 Å². The van der Waals surface area contributed by atoms with Crippen LogP contribution in [0.4, 0.5) is 5.69 Å². The van der Waals surface area contributed by atoms with Gasteiger partial charge in [-0.15, -0.1) is 0 Å². The van der Waals surface area contributed by atoms with Crippen molar-refractivity contribution in [1.29, 1.82) is 0 Å². The van der Waals surface area contributed by atoms with E-state index in [1.54, 1.807) is 18.5 Å². The van der Waals surface area contributed by atoms with Crippen molar-refractivity contribution in [3.8, 4) is 0 Å². The largest absolute Gasteiger partial charge is 0.398 e. The number of hydrazine groups is 1. The summed E-state index contributed by atoms with van der Waals surface area (Å²) in [4.78, 5) is 4.14. The fourth-order valence-corrected chi connectivity index (χ4v) is 2.51. The molecule has 0 saturated carbocycles. The summed E-state index contributed by atoms with van der Waals surface area (Å²) in [7, 11) is 0. The average Bonchev–Trinajstić information content (AvgIpc) is 2.50. The summed E-state index contributed by atoms with van der Waals surface area (Å²) >= 11 is 0. The second-order valence-electron chi connectivity index (χ2n) is 4.67. The maximum atomic E-state index is 6.04. The Morgan fingerprint density at radius 2 is 1.75 bits per heavy atom. The lowest BCUT2D eigenvalue weighted by molar-refractivity contribution is 0.640. The molecule has 3 rings (SSSR count). The summed E-state index contributed by atoms with van der Waals surface area (Å²) in [5, 5.41) is 2.33. The number of fused-ring (bicyclic) bond motifs is 1. The lowest BCUT2D eigenvalue weighted by Gasteiger charge is -2.20. The Balaban J connectivity index is 2.20. The maximum absolute atomic E-state index is 6.04. The van der Waals surface area contributed by atoms with Gasteiger partial charge in [0.05, 0.1) is 6.04 Å². The summed E-state index contributed by atoms with van der Waals surface area (Å²) < 4.78 is 0. The third-order valence-electron chi connectivity index (χ3n) is 3.50. The first-order chi connectivity index (χ1) is 9.81. The molecule has 4 nitrogen and oxygen atoms in total. The minimum absolute atomic E-state index is 0.185. The molecular formula is C16H16N4. The standard InChI is InChI=1S/C16H16N4/c17-15-8-9-19-10-14(15)16(20-18)13-7-3-5-11-4-1-2-6-12(11)13/h1-10,16,20H,18H2,(H2,17,19). The molecule has 100 valence electrons. The summed E-state index contributed by atoms with van der Waals surface area (Å²) in [6.45, 7) is 0. The molecule has 0 amide bonds. The van der Waals surface area contributed by atoms with Gasteiger partial charge in [0.25, 0.3) is 0 Å². The topological polar surface area (TPSA) is 77.0 Å². The van der Waals surface area contributed by atoms with E-state index in [9.17, 15) is 0 Å². The molecule has 0 aliphatic rings. The summed E-state index contributed by atoms with van der Waals surface area (Å²) in [6.07, 6.45) is 3.43. The predicted octanol–water partition coefficient (Wildman–Crippen LogP) is 2.37. The molecule has 0 radical (unpaired) electrons. The van der Waals surface area contributed by atoms with Crippen molar-refractivity contribution in [2.24, 2.45) is 5.84 Å². The van der Waals surface area contributed by atoms with Crippen LogP contribution in [0.1, 0.15) is 17.2 Å². The summed E-state index contributed by atoms with van der Waals surface area (Å²) in [5.41, 5.74) is 11.5. The number of benzene rings is 2. The second kappa shape index (κ2) is 5.28. The van der Waals surface area contributed by atoms with Crippen LogP contribution in [-0.4, -0.2) is 4.98 Å². The quantitative estimate of drug-likeness (QED) is 0.501. The van der Waals surface area contributed by atoms with Gasteiger partial charge in [-0.3, -0.25) is 10.8 Å². The van der Waals surface area contributed by atoms with Crippen LogP contribution in [0.5, 0.6) is 0 Å². The summed E-state index contributed by atoms with van der Waals surface area (Å²) in [5.74, 6) is 5.76. The summed E-state index contributed by atoms with van der Waals surface area (Å²) in [6, 6.07) is 16.0. The first-order valence-electron chi connectivity index (χ1n) is 6.44. The molecule has 1 atom stereocenters. The van der Waals surface area contributed by atoms with Gasteiger partial charge in [-0.25, -0.2) is 5.43 Å². The van der Waals surface area contributed by atoms with Crippen LogP contribution >= 0.6 is 0 Å². The second-order valence-corrected chi connectivity index (χ2v) is 4.67. The van der Waals surface area contributed by atoms with Gasteiger partial charge in [-0.05, 0) is 22.4 Å². The van der Waals surface area contributed by atoms with Crippen LogP contribution < -0.4 is 17.0 Å². The van der Waals surface area contributed by atoms with Crippen molar-refractivity contribution in [1.82, 2.24) is 10.4 Å². The van der Waals surface area contributed by atoms with Gasteiger partial charge < -0.3 is 5.73 Å². The highest BCUT2D eigenvalue weighted by atomic mass is 15.2. The molecule has 0 bridgehead atoms. The van der Waals surface area contributed by atoms with Crippen molar-refractivity contribution >= 4 is 16.5 Å². The molecule has 0 spiro atoms. The monoisotopic (exact) mass is 264 g/mol. The van der Waals surface area contributed by atoms with Gasteiger partial charge in [-0.1, -0.05) is 42.5 Å². The van der Waals surface area contributed by atoms with E-state index < -0.39 is 0 Å². The van der Waals surface area contributed by atoms with Crippen LogP contribution in [0.25, 0.3) is 10.8 Å². The number of nitrogens with two attached hydrogens (primary N) is 2. The van der Waals surface area contributed by atoms with Gasteiger partial charge in [0.2, 0.25) is 0 Å². The Morgan fingerprint density at radius 3 is 2.55 bits per heavy atom. The molecule has 4 heteroatoms. The lowest BCUT2D eigenvalue weighted by Crippen LogP contribution is -2.29. The molecule has 5 N–H and O–H groups in total. The Labute approximate surface area is 117 Å². The minimum Gasteiger partial charge on any atom is -0.398 e. The van der Waals surface area contributed by atoms with E-state index in [-0.39, 0.29) is 6.04 Å². The van der Waals surface area contributed by atoms with Gasteiger partial charge in [-0.2, -0.15) is 0 Å². The molecule has 1 aromatic heterocycles. The number of nitrogens with one attached hydrogen (secondary N) is 1. The van der Waals surface area contributed by atoms with Gasteiger partial charge >= 0.3 is 0 Å². The van der Waals surface area contributed by atoms with E-state index in [1.165, 1.54) is 5.39 Å². The molecule has 0 aliphatic carbocycles. The van der Waals surface area contributed by atoms with Crippen molar-refractivity contribution in [2.75, 3.05) is 5.73 Å². The SMILES string of the molecule is NNC(c1cnccc1N)c1cccc2ccccc12. The Kier molecular flexibility index (Phi) is 3.33. The van der Waals surface area contributed by atoms with Crippen molar-refractivity contribution < 1.29 is 0 Å². The number of hydrogen-bond acceptors (Lipinski definition) is 4. The first kappa shape index (κ1) is 12.6. The molecular weight excluding hydrogens is 248 g/mol. The first-order valence-corrected chi connectivity index (χ1v) is 6.44. The van der Waals surface area contributed by atoms with Gasteiger partial charge in [0.15, 0.2) is 0 Å². The van der Waals surface area contributed by atoms with E-state index in [0.29, 0.717) is 5.69 Å². The Morgan fingerprint density at radius 1 is 0.950 bits per heavy atom. The number of hydrogen-bond donors (Lipinski definition) is 3. The fourth-order valence-electron chi connectivity index (χ4n) is 2.51. The highest BCUT2D eigenvalue weighted by Crippen LogP contribution is 2.30. The van der Waals surface area contributed by atoms with E-state index in [2.05, 4.69) is 34.7 Å². The molecule has 0 saturated heterocycles. The molecule has 1 unspecified atom stereocenters. The lowest BCUT2D eigenvalue weighted by atomic mass is 9.94. The highest BCUT2D eigenvalue weighted by molar-refractivity contribution is 5.86. The van der Waals surface area contributed by atoms with Crippen molar-refractivity contribution in [2.45, 2.75) is 6.04 Å². The molecule has 0 aliphatic heterocycles. The Bertz CT molecular complexity index is 734. The van der Waals surface area contributed by atoms with E-state index >= 15 is 0 Å². The smallest absolute Gasteiger partial charge is 0.0751 e. The normalized spacial score (nSPS) is 12.4. The third-order valence-corrected chi connectivity index (χ3v) is 3.50. The number of nitrogen functional groups attached to an aromatic ring is 1. The van der Waals surface area contributed by atoms with Gasteiger partial charge in [0.1, 0.15) is 0 Å². The maximum Gasteiger partial charge on any atom is 0.0751 e. The van der Waals surface area contributed by atoms with Crippen LogP contribution in [0.2, 0.25) is 0 Å². The van der Waals surface area contributed by atoms with E-state index in [4.69, 9.17) is 11.6 Å². The van der Waals surface area contributed by atoms with Gasteiger partial charge in [0, 0.05) is 23.6 Å². The number of nitrogens with zero attached hydrogens (tertiary/aromatic N) is 1. The van der Waals surface area contributed by atoms with Crippen molar-refractivity contribution in [3.05, 3.63) is 72.1 Å². The highest BCUT2D eigenvalue weighted by Gasteiger charge is 2.17. The van der Waals surface area contributed by atoms with Crippen LogP contribution in [0.15, 0.2) is 60.9 Å². The molecule has 2 aromatic carbocycles.